The molecular weight excluding hydrogens is 264 g/mol. The van der Waals surface area contributed by atoms with Crippen molar-refractivity contribution in [2.75, 3.05) is 0 Å². The summed E-state index contributed by atoms with van der Waals surface area (Å²) in [5.41, 5.74) is 1.64. The Hall–Kier alpha value is -1.55. The number of carboxylic acids is 1. The van der Waals surface area contributed by atoms with E-state index >= 15 is 0 Å². The number of aromatic nitrogens is 2. The normalized spacial score (nSPS) is 16.9. The quantitative estimate of drug-likeness (QED) is 0.910. The van der Waals surface area contributed by atoms with Gasteiger partial charge in [-0.2, -0.15) is 0 Å². The van der Waals surface area contributed by atoms with E-state index in [1.54, 1.807) is 22.7 Å². The molecule has 0 aliphatic heterocycles. The van der Waals surface area contributed by atoms with Crippen LogP contribution in [0.4, 0.5) is 0 Å². The Morgan fingerprint density at radius 1 is 1.32 bits per heavy atom. The van der Waals surface area contributed by atoms with Crippen molar-refractivity contribution in [2.45, 2.75) is 38.0 Å². The maximum Gasteiger partial charge on any atom is 0.354 e. The molecule has 0 unspecified atom stereocenters. The summed E-state index contributed by atoms with van der Waals surface area (Å²) in [6.07, 6.45) is 7.21. The van der Waals surface area contributed by atoms with Gasteiger partial charge in [0.2, 0.25) is 0 Å². The summed E-state index contributed by atoms with van der Waals surface area (Å²) < 4.78 is 1.59. The lowest BCUT2D eigenvalue weighted by Gasteiger charge is -2.20. The molecule has 1 N–H and O–H groups in total. The number of nitrogens with zero attached hydrogens (tertiary/aromatic N) is 2. The fraction of sp³-hybridized carbons (Fsp3) is 0.429. The van der Waals surface area contributed by atoms with Crippen LogP contribution in [0.25, 0.3) is 5.65 Å². The van der Waals surface area contributed by atoms with Crippen molar-refractivity contribution >= 4 is 23.2 Å². The van der Waals surface area contributed by atoms with Crippen LogP contribution in [0.1, 0.15) is 54.2 Å². The molecule has 0 bridgehead atoms. The number of rotatable bonds is 2. The first-order valence-electron chi connectivity index (χ1n) is 6.57. The van der Waals surface area contributed by atoms with Crippen LogP contribution in [0.15, 0.2) is 18.3 Å². The molecular formula is C14H15ClN2O2. The summed E-state index contributed by atoms with van der Waals surface area (Å²) in [7, 11) is 0. The van der Waals surface area contributed by atoms with E-state index in [4.69, 9.17) is 11.6 Å². The van der Waals surface area contributed by atoms with Crippen molar-refractivity contribution in [3.63, 3.8) is 0 Å². The highest BCUT2D eigenvalue weighted by Gasteiger charge is 2.26. The number of carbonyl (C=O) groups is 1. The number of carboxylic acid groups (broad SMARTS) is 1. The lowest BCUT2D eigenvalue weighted by Crippen LogP contribution is -2.11. The van der Waals surface area contributed by atoms with Gasteiger partial charge in [0.25, 0.3) is 0 Å². The Labute approximate surface area is 116 Å². The minimum Gasteiger partial charge on any atom is -0.477 e. The zero-order valence-corrected chi connectivity index (χ0v) is 11.2. The first-order valence-corrected chi connectivity index (χ1v) is 6.95. The molecule has 0 amide bonds. The largest absolute Gasteiger partial charge is 0.477 e. The summed E-state index contributed by atoms with van der Waals surface area (Å²) in [6, 6.07) is 3.50. The molecule has 2 aromatic rings. The second kappa shape index (κ2) is 4.85. The summed E-state index contributed by atoms with van der Waals surface area (Å²) in [5.74, 6) is -0.672. The molecule has 1 aliphatic rings. The highest BCUT2D eigenvalue weighted by Crippen LogP contribution is 2.34. The lowest BCUT2D eigenvalue weighted by molar-refractivity contribution is 0.0687. The molecule has 100 valence electrons. The predicted molar refractivity (Wildman–Crippen MR) is 73.0 cm³/mol. The van der Waals surface area contributed by atoms with Crippen molar-refractivity contribution in [3.05, 3.63) is 34.7 Å². The first kappa shape index (κ1) is 12.5. The van der Waals surface area contributed by atoms with Gasteiger partial charge in [0.05, 0.1) is 10.7 Å². The molecule has 3 rings (SSSR count). The number of hydrogen-bond acceptors (Lipinski definition) is 2. The maximum absolute atomic E-state index is 11.5. The molecule has 1 saturated carbocycles. The van der Waals surface area contributed by atoms with Crippen LogP contribution in [0.2, 0.25) is 5.02 Å². The van der Waals surface area contributed by atoms with Crippen LogP contribution in [-0.4, -0.2) is 20.5 Å². The molecule has 19 heavy (non-hydrogen) atoms. The van der Waals surface area contributed by atoms with Crippen molar-refractivity contribution < 1.29 is 9.90 Å². The van der Waals surface area contributed by atoms with Gasteiger partial charge in [-0.3, -0.25) is 4.40 Å². The van der Waals surface area contributed by atoms with Crippen molar-refractivity contribution in [1.82, 2.24) is 9.38 Å². The van der Waals surface area contributed by atoms with Crippen molar-refractivity contribution in [3.8, 4) is 0 Å². The van der Waals surface area contributed by atoms with Crippen molar-refractivity contribution in [1.29, 1.82) is 0 Å². The second-order valence-electron chi connectivity index (χ2n) is 5.06. The fourth-order valence-electron chi connectivity index (χ4n) is 2.91. The zero-order valence-electron chi connectivity index (χ0n) is 10.5. The topological polar surface area (TPSA) is 54.6 Å². The van der Waals surface area contributed by atoms with E-state index in [-0.39, 0.29) is 11.6 Å². The standard InChI is InChI=1S/C14H15ClN2O2/c15-10-6-7-11-16-12(9-4-2-1-3-5-9)13(14(18)19)17(11)8-10/h6-9H,1-5H2,(H,18,19). The number of fused-ring (bicyclic) bond motifs is 1. The molecule has 2 aromatic heterocycles. The van der Waals surface area contributed by atoms with Gasteiger partial charge in [0.15, 0.2) is 5.69 Å². The molecule has 4 nitrogen and oxygen atoms in total. The molecule has 2 heterocycles. The number of aromatic carboxylic acids is 1. The van der Waals surface area contributed by atoms with Crippen LogP contribution < -0.4 is 0 Å². The molecule has 1 fully saturated rings. The SMILES string of the molecule is O=C(O)c1c(C2CCCCC2)nc2ccc(Cl)cn12. The highest BCUT2D eigenvalue weighted by atomic mass is 35.5. The van der Waals surface area contributed by atoms with Crippen LogP contribution in [0.5, 0.6) is 0 Å². The van der Waals surface area contributed by atoms with E-state index < -0.39 is 5.97 Å². The zero-order chi connectivity index (χ0) is 13.4. The van der Waals surface area contributed by atoms with Gasteiger partial charge in [0.1, 0.15) is 5.65 Å². The average molecular weight is 279 g/mol. The highest BCUT2D eigenvalue weighted by molar-refractivity contribution is 6.30. The summed E-state index contributed by atoms with van der Waals surface area (Å²) in [5, 5.41) is 9.99. The maximum atomic E-state index is 11.5. The van der Waals surface area contributed by atoms with E-state index in [9.17, 15) is 9.90 Å². The average Bonchev–Trinajstić information content (AvgIpc) is 2.78. The molecule has 0 aromatic carbocycles. The Morgan fingerprint density at radius 2 is 2.05 bits per heavy atom. The number of halogens is 1. The Bertz CT molecular complexity index is 630. The van der Waals surface area contributed by atoms with Gasteiger partial charge in [-0.05, 0) is 25.0 Å². The monoisotopic (exact) mass is 278 g/mol. The third kappa shape index (κ3) is 2.21. The van der Waals surface area contributed by atoms with E-state index in [0.717, 1.165) is 31.4 Å². The van der Waals surface area contributed by atoms with Gasteiger partial charge in [-0.25, -0.2) is 9.78 Å². The molecule has 0 radical (unpaired) electrons. The Kier molecular flexibility index (Phi) is 3.19. The Balaban J connectivity index is 2.17. The van der Waals surface area contributed by atoms with Crippen LogP contribution in [-0.2, 0) is 0 Å². The van der Waals surface area contributed by atoms with Crippen molar-refractivity contribution in [2.24, 2.45) is 0 Å². The minimum atomic E-state index is -0.935. The minimum absolute atomic E-state index is 0.263. The molecule has 5 heteroatoms. The predicted octanol–water partition coefficient (Wildman–Crippen LogP) is 3.73. The third-order valence-corrected chi connectivity index (χ3v) is 4.03. The van der Waals surface area contributed by atoms with E-state index in [1.807, 2.05) is 0 Å². The van der Waals surface area contributed by atoms with Gasteiger partial charge < -0.3 is 5.11 Å². The number of hydrogen-bond donors (Lipinski definition) is 1. The smallest absolute Gasteiger partial charge is 0.354 e. The second-order valence-corrected chi connectivity index (χ2v) is 5.50. The van der Waals surface area contributed by atoms with E-state index in [0.29, 0.717) is 10.7 Å². The van der Waals surface area contributed by atoms with Crippen LogP contribution >= 0.6 is 11.6 Å². The van der Waals surface area contributed by atoms with Crippen LogP contribution in [0.3, 0.4) is 0 Å². The van der Waals surface area contributed by atoms with Gasteiger partial charge >= 0.3 is 5.97 Å². The van der Waals surface area contributed by atoms with Gasteiger partial charge in [-0.15, -0.1) is 0 Å². The lowest BCUT2D eigenvalue weighted by atomic mass is 9.86. The van der Waals surface area contributed by atoms with Gasteiger partial charge in [0, 0.05) is 12.1 Å². The molecule has 0 saturated heterocycles. The fourth-order valence-corrected chi connectivity index (χ4v) is 3.07. The van der Waals surface area contributed by atoms with Gasteiger partial charge in [-0.1, -0.05) is 30.9 Å². The summed E-state index contributed by atoms with van der Waals surface area (Å²) in [4.78, 5) is 16.1. The molecule has 1 aliphatic carbocycles. The van der Waals surface area contributed by atoms with E-state index in [1.165, 1.54) is 6.42 Å². The van der Waals surface area contributed by atoms with Crippen LogP contribution in [0, 0.1) is 0 Å². The molecule has 0 atom stereocenters. The third-order valence-electron chi connectivity index (χ3n) is 3.80. The summed E-state index contributed by atoms with van der Waals surface area (Å²) in [6.45, 7) is 0. The Morgan fingerprint density at radius 3 is 2.74 bits per heavy atom. The van der Waals surface area contributed by atoms with E-state index in [2.05, 4.69) is 4.98 Å². The number of pyridine rings is 1. The molecule has 0 spiro atoms. The first-order chi connectivity index (χ1) is 9.16. The number of imidazole rings is 1. The summed E-state index contributed by atoms with van der Waals surface area (Å²) >= 11 is 5.95.